The van der Waals surface area contributed by atoms with Crippen LogP contribution >= 0.6 is 15.9 Å². The second-order valence-corrected chi connectivity index (χ2v) is 4.82. The number of nitrogens with zero attached hydrogens (tertiary/aromatic N) is 6. The lowest BCUT2D eigenvalue weighted by molar-refractivity contribution is 0.217. The third-order valence-corrected chi connectivity index (χ3v) is 2.59. The minimum atomic E-state index is -0.186. The standard InChI is InChI=1S/C10H12BrN7O/c1-17(2)10(19)14-5-8-6-18(16-15-8)9-12-3-7(11)4-13-9/h3-4,6H,5H2,1-2H3,(H,14,19). The van der Waals surface area contributed by atoms with Crippen molar-refractivity contribution in [3.05, 3.63) is 28.8 Å². The molecule has 0 spiro atoms. The van der Waals surface area contributed by atoms with Gasteiger partial charge in [0.2, 0.25) is 0 Å². The average molecular weight is 326 g/mol. The molecular formula is C10H12BrN7O. The molecule has 0 atom stereocenters. The smallest absolute Gasteiger partial charge is 0.317 e. The van der Waals surface area contributed by atoms with E-state index in [1.54, 1.807) is 32.7 Å². The first-order valence-corrected chi connectivity index (χ1v) is 6.20. The van der Waals surface area contributed by atoms with Gasteiger partial charge in [0.1, 0.15) is 5.69 Å². The van der Waals surface area contributed by atoms with Crippen molar-refractivity contribution in [2.45, 2.75) is 6.54 Å². The van der Waals surface area contributed by atoms with Crippen molar-refractivity contribution in [1.82, 2.24) is 35.2 Å². The van der Waals surface area contributed by atoms with E-state index in [2.05, 4.69) is 41.5 Å². The topological polar surface area (TPSA) is 88.8 Å². The Kier molecular flexibility index (Phi) is 4.05. The fourth-order valence-electron chi connectivity index (χ4n) is 1.23. The summed E-state index contributed by atoms with van der Waals surface area (Å²) in [6.45, 7) is 0.299. The first-order valence-electron chi connectivity index (χ1n) is 5.40. The van der Waals surface area contributed by atoms with Gasteiger partial charge in [-0.2, -0.15) is 4.68 Å². The number of amides is 2. The summed E-state index contributed by atoms with van der Waals surface area (Å²) in [5.41, 5.74) is 0.627. The summed E-state index contributed by atoms with van der Waals surface area (Å²) in [4.78, 5) is 21.0. The van der Waals surface area contributed by atoms with Gasteiger partial charge in [-0.15, -0.1) is 5.10 Å². The van der Waals surface area contributed by atoms with E-state index in [1.807, 2.05) is 0 Å². The second-order valence-electron chi connectivity index (χ2n) is 3.91. The van der Waals surface area contributed by atoms with E-state index in [1.165, 1.54) is 9.58 Å². The van der Waals surface area contributed by atoms with Gasteiger partial charge in [0.15, 0.2) is 0 Å². The molecule has 0 unspecified atom stereocenters. The fourth-order valence-corrected chi connectivity index (χ4v) is 1.43. The maximum atomic E-state index is 11.4. The number of carbonyl (C=O) groups is 1. The molecule has 0 saturated carbocycles. The molecule has 2 rings (SSSR count). The Bertz CT molecular complexity index is 566. The zero-order valence-electron chi connectivity index (χ0n) is 10.4. The Balaban J connectivity index is 2.03. The molecule has 1 N–H and O–H groups in total. The van der Waals surface area contributed by atoms with E-state index < -0.39 is 0 Å². The molecular weight excluding hydrogens is 314 g/mol. The van der Waals surface area contributed by atoms with Gasteiger partial charge in [-0.3, -0.25) is 0 Å². The number of rotatable bonds is 3. The van der Waals surface area contributed by atoms with Gasteiger partial charge in [-0.05, 0) is 15.9 Å². The minimum Gasteiger partial charge on any atom is -0.332 e. The Morgan fingerprint density at radius 3 is 2.74 bits per heavy atom. The van der Waals surface area contributed by atoms with E-state index in [-0.39, 0.29) is 6.03 Å². The summed E-state index contributed by atoms with van der Waals surface area (Å²) >= 11 is 3.26. The molecule has 0 saturated heterocycles. The highest BCUT2D eigenvalue weighted by atomic mass is 79.9. The summed E-state index contributed by atoms with van der Waals surface area (Å²) in [5, 5.41) is 10.5. The van der Waals surface area contributed by atoms with Crippen LogP contribution in [-0.4, -0.2) is 50.0 Å². The van der Waals surface area contributed by atoms with Gasteiger partial charge in [0, 0.05) is 26.5 Å². The number of aromatic nitrogens is 5. The van der Waals surface area contributed by atoms with Crippen molar-refractivity contribution in [2.24, 2.45) is 0 Å². The quantitative estimate of drug-likeness (QED) is 0.892. The molecule has 0 aliphatic heterocycles. The van der Waals surface area contributed by atoms with Gasteiger partial charge < -0.3 is 10.2 Å². The van der Waals surface area contributed by atoms with Crippen LogP contribution in [0.1, 0.15) is 5.69 Å². The van der Waals surface area contributed by atoms with Crippen LogP contribution in [0.3, 0.4) is 0 Å². The molecule has 8 nitrogen and oxygen atoms in total. The first kappa shape index (κ1) is 13.4. The van der Waals surface area contributed by atoms with Crippen LogP contribution in [0.5, 0.6) is 0 Å². The normalized spacial score (nSPS) is 10.3. The molecule has 0 aromatic carbocycles. The highest BCUT2D eigenvalue weighted by Gasteiger charge is 2.07. The molecule has 0 radical (unpaired) electrons. The maximum absolute atomic E-state index is 11.4. The zero-order chi connectivity index (χ0) is 13.8. The van der Waals surface area contributed by atoms with Crippen LogP contribution in [0.4, 0.5) is 4.79 Å². The van der Waals surface area contributed by atoms with Gasteiger partial charge >= 0.3 is 6.03 Å². The van der Waals surface area contributed by atoms with Crippen molar-refractivity contribution in [3.8, 4) is 5.95 Å². The monoisotopic (exact) mass is 325 g/mol. The van der Waals surface area contributed by atoms with E-state index >= 15 is 0 Å². The van der Waals surface area contributed by atoms with Crippen LogP contribution < -0.4 is 5.32 Å². The molecule has 2 aromatic heterocycles. The molecule has 2 heterocycles. The molecule has 2 amide bonds. The van der Waals surface area contributed by atoms with Crippen molar-refractivity contribution < 1.29 is 4.79 Å². The Hall–Kier alpha value is -2.03. The number of carbonyl (C=O) groups excluding carboxylic acids is 1. The molecule has 100 valence electrons. The van der Waals surface area contributed by atoms with E-state index in [0.29, 0.717) is 18.2 Å². The summed E-state index contributed by atoms with van der Waals surface area (Å²) in [7, 11) is 3.34. The van der Waals surface area contributed by atoms with Gasteiger partial charge in [-0.1, -0.05) is 5.21 Å². The Morgan fingerprint density at radius 2 is 2.11 bits per heavy atom. The summed E-state index contributed by atoms with van der Waals surface area (Å²) in [6, 6.07) is -0.186. The molecule has 0 aliphatic carbocycles. The molecule has 0 fully saturated rings. The van der Waals surface area contributed by atoms with Crippen molar-refractivity contribution >= 4 is 22.0 Å². The van der Waals surface area contributed by atoms with Crippen molar-refractivity contribution in [2.75, 3.05) is 14.1 Å². The van der Waals surface area contributed by atoms with Crippen LogP contribution in [0.25, 0.3) is 5.95 Å². The van der Waals surface area contributed by atoms with Gasteiger partial charge in [-0.25, -0.2) is 14.8 Å². The second kappa shape index (κ2) is 5.74. The number of halogens is 1. The lowest BCUT2D eigenvalue weighted by atomic mass is 10.5. The number of hydrogen-bond donors (Lipinski definition) is 1. The third-order valence-electron chi connectivity index (χ3n) is 2.18. The van der Waals surface area contributed by atoms with Crippen LogP contribution in [0.2, 0.25) is 0 Å². The lowest BCUT2D eigenvalue weighted by Gasteiger charge is -2.10. The summed E-state index contributed by atoms with van der Waals surface area (Å²) < 4.78 is 2.23. The Morgan fingerprint density at radius 1 is 1.42 bits per heavy atom. The third kappa shape index (κ3) is 3.47. The lowest BCUT2D eigenvalue weighted by Crippen LogP contribution is -2.34. The zero-order valence-corrected chi connectivity index (χ0v) is 12.0. The fraction of sp³-hybridized carbons (Fsp3) is 0.300. The van der Waals surface area contributed by atoms with Crippen LogP contribution in [0.15, 0.2) is 23.1 Å². The first-order chi connectivity index (χ1) is 9.06. The van der Waals surface area contributed by atoms with Crippen molar-refractivity contribution in [3.63, 3.8) is 0 Å². The molecule has 9 heteroatoms. The van der Waals surface area contributed by atoms with Gasteiger partial charge in [0.05, 0.1) is 17.2 Å². The largest absolute Gasteiger partial charge is 0.332 e. The predicted molar refractivity (Wildman–Crippen MR) is 70.6 cm³/mol. The number of nitrogens with one attached hydrogen (secondary N) is 1. The van der Waals surface area contributed by atoms with E-state index in [9.17, 15) is 4.79 Å². The molecule has 0 bridgehead atoms. The van der Waals surface area contributed by atoms with Gasteiger partial charge in [0.25, 0.3) is 5.95 Å². The van der Waals surface area contributed by atoms with E-state index in [0.717, 1.165) is 4.47 Å². The van der Waals surface area contributed by atoms with Crippen LogP contribution in [-0.2, 0) is 6.54 Å². The molecule has 0 aliphatic rings. The van der Waals surface area contributed by atoms with Crippen molar-refractivity contribution in [1.29, 1.82) is 0 Å². The highest BCUT2D eigenvalue weighted by Crippen LogP contribution is 2.06. The summed E-state index contributed by atoms with van der Waals surface area (Å²) in [6.07, 6.45) is 4.91. The number of urea groups is 1. The molecule has 19 heavy (non-hydrogen) atoms. The Labute approximate surface area is 118 Å². The predicted octanol–water partition coefficient (Wildman–Crippen LogP) is 0.591. The van der Waals surface area contributed by atoms with E-state index in [4.69, 9.17) is 0 Å². The SMILES string of the molecule is CN(C)C(=O)NCc1cn(-c2ncc(Br)cn2)nn1. The highest BCUT2D eigenvalue weighted by molar-refractivity contribution is 9.10. The minimum absolute atomic E-state index is 0.186. The average Bonchev–Trinajstić information content (AvgIpc) is 2.85. The number of hydrogen-bond acceptors (Lipinski definition) is 5. The maximum Gasteiger partial charge on any atom is 0.317 e. The molecule has 2 aromatic rings. The van der Waals surface area contributed by atoms with Crippen LogP contribution in [0, 0.1) is 0 Å². The summed E-state index contributed by atoms with van der Waals surface area (Å²) in [5.74, 6) is 0.417.